The van der Waals surface area contributed by atoms with Gasteiger partial charge >= 0.3 is 0 Å². The first kappa shape index (κ1) is 26.2. The monoisotopic (exact) mass is 528 g/mol. The maximum Gasteiger partial charge on any atom is 0.243 e. The third kappa shape index (κ3) is 5.74. The Bertz CT molecular complexity index is 1290. The van der Waals surface area contributed by atoms with Gasteiger partial charge in [-0.3, -0.25) is 4.79 Å². The number of hydrogen-bond acceptors (Lipinski definition) is 6. The highest BCUT2D eigenvalue weighted by Gasteiger charge is 2.35. The van der Waals surface area contributed by atoms with E-state index < -0.39 is 10.0 Å². The lowest BCUT2D eigenvalue weighted by atomic mass is 10.0. The Morgan fingerprint density at radius 3 is 2.61 bits per heavy atom. The summed E-state index contributed by atoms with van der Waals surface area (Å²) >= 11 is 1.68. The van der Waals surface area contributed by atoms with Crippen molar-refractivity contribution in [3.8, 4) is 11.5 Å². The first-order valence-corrected chi connectivity index (χ1v) is 14.3. The van der Waals surface area contributed by atoms with Crippen LogP contribution in [0.4, 0.5) is 0 Å². The molecule has 0 N–H and O–H groups in total. The molecule has 0 aliphatic carbocycles. The van der Waals surface area contributed by atoms with Crippen LogP contribution in [0.25, 0.3) is 0 Å². The average molecular weight is 529 g/mol. The van der Waals surface area contributed by atoms with Gasteiger partial charge in [-0.2, -0.15) is 4.31 Å². The van der Waals surface area contributed by atoms with Gasteiger partial charge in [-0.1, -0.05) is 30.7 Å². The van der Waals surface area contributed by atoms with Gasteiger partial charge < -0.3 is 14.4 Å². The molecule has 0 radical (unpaired) electrons. The molecule has 3 aromatic rings. The SMILES string of the molecule is CCCN(CC(=O)N1CCc2sccc2[C@@H]1COc1cccc(OC)c1)S(=O)(=O)c1ccc(C)cc1. The number of sulfonamides is 1. The maximum atomic E-state index is 13.6. The molecule has 7 nitrogen and oxygen atoms in total. The molecule has 4 rings (SSSR count). The van der Waals surface area contributed by atoms with Gasteiger partial charge in [0.1, 0.15) is 18.1 Å². The predicted octanol–water partition coefficient (Wildman–Crippen LogP) is 4.67. The minimum absolute atomic E-state index is 0.200. The van der Waals surface area contributed by atoms with Crippen molar-refractivity contribution in [1.29, 1.82) is 0 Å². The van der Waals surface area contributed by atoms with Gasteiger partial charge in [-0.25, -0.2) is 8.42 Å². The standard InChI is InChI=1S/C27H32N2O5S2/c1-4-14-28(36(31,32)23-10-8-20(2)9-11-23)18-27(30)29-15-12-26-24(13-16-35-26)25(29)19-34-22-7-5-6-21(17-22)33-3/h5-11,13,16-17,25H,4,12,14-15,18-19H2,1-3H3/t25-/m0/s1. The molecule has 1 aliphatic rings. The van der Waals surface area contributed by atoms with Crippen LogP contribution in [0.3, 0.4) is 0 Å². The van der Waals surface area contributed by atoms with Crippen LogP contribution in [0, 0.1) is 6.92 Å². The van der Waals surface area contributed by atoms with Crippen molar-refractivity contribution in [3.63, 3.8) is 0 Å². The molecule has 1 aliphatic heterocycles. The van der Waals surface area contributed by atoms with Crippen molar-refractivity contribution in [2.24, 2.45) is 0 Å². The van der Waals surface area contributed by atoms with Crippen LogP contribution < -0.4 is 9.47 Å². The molecule has 0 saturated carbocycles. The smallest absolute Gasteiger partial charge is 0.243 e. The van der Waals surface area contributed by atoms with E-state index in [4.69, 9.17) is 9.47 Å². The van der Waals surface area contributed by atoms with Gasteiger partial charge in [0.25, 0.3) is 0 Å². The first-order valence-electron chi connectivity index (χ1n) is 12.0. The van der Waals surface area contributed by atoms with Crippen LogP contribution in [0.1, 0.15) is 35.4 Å². The van der Waals surface area contributed by atoms with Gasteiger partial charge in [-0.05, 0) is 61.0 Å². The summed E-state index contributed by atoms with van der Waals surface area (Å²) < 4.78 is 39.4. The Hall–Kier alpha value is -2.88. The number of carbonyl (C=O) groups is 1. The molecule has 0 spiro atoms. The fourth-order valence-corrected chi connectivity index (χ4v) is 6.79. The molecule has 192 valence electrons. The molecule has 1 aromatic heterocycles. The minimum Gasteiger partial charge on any atom is -0.497 e. The van der Waals surface area contributed by atoms with Crippen LogP contribution in [0.2, 0.25) is 0 Å². The molecule has 1 atom stereocenters. The van der Waals surface area contributed by atoms with Crippen LogP contribution in [-0.2, 0) is 21.2 Å². The zero-order valence-corrected chi connectivity index (χ0v) is 22.5. The Balaban J connectivity index is 1.55. The molecule has 2 heterocycles. The third-order valence-electron chi connectivity index (χ3n) is 6.31. The number of amides is 1. The fraction of sp³-hybridized carbons (Fsp3) is 0.370. The zero-order chi connectivity index (χ0) is 25.7. The molecular formula is C27H32N2O5S2. The lowest BCUT2D eigenvalue weighted by Crippen LogP contribution is -2.48. The number of rotatable bonds is 10. The van der Waals surface area contributed by atoms with E-state index in [-0.39, 0.29) is 36.5 Å². The number of thiophene rings is 1. The number of aryl methyl sites for hydroxylation is 1. The van der Waals surface area contributed by atoms with Gasteiger partial charge in [0, 0.05) is 24.0 Å². The molecule has 0 bridgehead atoms. The van der Waals surface area contributed by atoms with Crippen molar-refractivity contribution in [3.05, 3.63) is 76.0 Å². The van der Waals surface area contributed by atoms with Gasteiger partial charge in [0.2, 0.25) is 15.9 Å². The molecule has 9 heteroatoms. The summed E-state index contributed by atoms with van der Waals surface area (Å²) in [4.78, 5) is 16.8. The molecular weight excluding hydrogens is 496 g/mol. The molecule has 1 amide bonds. The molecule has 0 unspecified atom stereocenters. The second-order valence-electron chi connectivity index (χ2n) is 8.79. The summed E-state index contributed by atoms with van der Waals surface area (Å²) in [5.74, 6) is 1.12. The van der Waals surface area contributed by atoms with Crippen molar-refractivity contribution in [2.45, 2.75) is 37.6 Å². The Kier molecular flexibility index (Phi) is 8.33. The Morgan fingerprint density at radius 1 is 1.14 bits per heavy atom. The maximum absolute atomic E-state index is 13.6. The van der Waals surface area contributed by atoms with Crippen LogP contribution >= 0.6 is 11.3 Å². The van der Waals surface area contributed by atoms with Crippen LogP contribution in [0.15, 0.2) is 64.9 Å². The summed E-state index contributed by atoms with van der Waals surface area (Å²) in [7, 11) is -2.20. The van der Waals surface area contributed by atoms with Crippen molar-refractivity contribution >= 4 is 27.3 Å². The quantitative estimate of drug-likeness (QED) is 0.382. The second-order valence-corrected chi connectivity index (χ2v) is 11.7. The van der Waals surface area contributed by atoms with Gasteiger partial charge in [0.15, 0.2) is 0 Å². The predicted molar refractivity (Wildman–Crippen MR) is 141 cm³/mol. The number of fused-ring (bicyclic) bond motifs is 1. The van der Waals surface area contributed by atoms with Crippen molar-refractivity contribution in [2.75, 3.05) is 33.4 Å². The van der Waals surface area contributed by atoms with E-state index in [2.05, 4.69) is 0 Å². The highest BCUT2D eigenvalue weighted by Crippen LogP contribution is 2.34. The molecule has 0 saturated heterocycles. The Morgan fingerprint density at radius 2 is 1.89 bits per heavy atom. The number of nitrogens with zero attached hydrogens (tertiary/aromatic N) is 2. The number of hydrogen-bond donors (Lipinski definition) is 0. The van der Waals surface area contributed by atoms with E-state index in [1.54, 1.807) is 53.7 Å². The van der Waals surface area contributed by atoms with Crippen molar-refractivity contribution in [1.82, 2.24) is 9.21 Å². The van der Waals surface area contributed by atoms with Gasteiger partial charge in [-0.15, -0.1) is 11.3 Å². The Labute approximate surface area is 217 Å². The highest BCUT2D eigenvalue weighted by atomic mass is 32.2. The largest absolute Gasteiger partial charge is 0.497 e. The number of ether oxygens (including phenoxy) is 2. The number of methoxy groups -OCH3 is 1. The minimum atomic E-state index is -3.80. The first-order chi connectivity index (χ1) is 17.3. The zero-order valence-electron chi connectivity index (χ0n) is 20.8. The van der Waals surface area contributed by atoms with E-state index in [1.165, 1.54) is 9.18 Å². The average Bonchev–Trinajstić information content (AvgIpc) is 3.36. The third-order valence-corrected chi connectivity index (χ3v) is 9.16. The lowest BCUT2D eigenvalue weighted by Gasteiger charge is -2.37. The van der Waals surface area contributed by atoms with Crippen LogP contribution in [-0.4, -0.2) is 56.9 Å². The molecule has 2 aromatic carbocycles. The molecule has 36 heavy (non-hydrogen) atoms. The number of carbonyl (C=O) groups excluding carboxylic acids is 1. The van der Waals surface area contributed by atoms with Crippen molar-refractivity contribution < 1.29 is 22.7 Å². The van der Waals surface area contributed by atoms with E-state index in [0.717, 1.165) is 17.5 Å². The lowest BCUT2D eigenvalue weighted by molar-refractivity contribution is -0.135. The summed E-state index contributed by atoms with van der Waals surface area (Å²) in [6.07, 6.45) is 1.35. The summed E-state index contributed by atoms with van der Waals surface area (Å²) in [6.45, 7) is 4.66. The van der Waals surface area contributed by atoms with E-state index in [9.17, 15) is 13.2 Å². The summed E-state index contributed by atoms with van der Waals surface area (Å²) in [5, 5.41) is 2.03. The van der Waals surface area contributed by atoms with E-state index in [0.29, 0.717) is 24.5 Å². The van der Waals surface area contributed by atoms with Gasteiger partial charge in [0.05, 0.1) is 24.6 Å². The fourth-order valence-electron chi connectivity index (χ4n) is 4.38. The normalized spacial score (nSPS) is 15.6. The molecule has 0 fully saturated rings. The topological polar surface area (TPSA) is 76.2 Å². The summed E-state index contributed by atoms with van der Waals surface area (Å²) in [6, 6.07) is 15.8. The highest BCUT2D eigenvalue weighted by molar-refractivity contribution is 7.89. The van der Waals surface area contributed by atoms with E-state index in [1.807, 2.05) is 43.5 Å². The second kappa shape index (κ2) is 11.5. The van der Waals surface area contributed by atoms with E-state index >= 15 is 0 Å². The number of benzene rings is 2. The van der Waals surface area contributed by atoms with Crippen LogP contribution in [0.5, 0.6) is 11.5 Å². The summed E-state index contributed by atoms with van der Waals surface area (Å²) in [5.41, 5.74) is 2.04.